The third-order valence-corrected chi connectivity index (χ3v) is 6.76. The van der Waals surface area contributed by atoms with Crippen LogP contribution in [0.1, 0.15) is 57.4 Å². The molecule has 1 aliphatic heterocycles. The summed E-state index contributed by atoms with van der Waals surface area (Å²) in [4.78, 5) is 47.5. The number of hydrogen-bond donors (Lipinski definition) is 3. The molecular formula is C26H27ClN6O3. The van der Waals surface area contributed by atoms with Gasteiger partial charge >= 0.3 is 0 Å². The summed E-state index contributed by atoms with van der Waals surface area (Å²) in [5, 5.41) is 15.6. The number of H-pyrrole nitrogens is 1. The molecule has 2 unspecified atom stereocenters. The van der Waals surface area contributed by atoms with E-state index in [4.69, 9.17) is 16.9 Å². The number of halogens is 1. The molecule has 1 aromatic heterocycles. The van der Waals surface area contributed by atoms with E-state index >= 15 is 0 Å². The molecule has 0 radical (unpaired) electrons. The van der Waals surface area contributed by atoms with Gasteiger partial charge in [-0.1, -0.05) is 11.6 Å². The molecular weight excluding hydrogens is 480 g/mol. The first-order valence-electron chi connectivity index (χ1n) is 11.7. The van der Waals surface area contributed by atoms with Gasteiger partial charge in [-0.05, 0) is 68.8 Å². The van der Waals surface area contributed by atoms with E-state index in [1.165, 1.54) is 12.1 Å². The molecule has 1 saturated heterocycles. The fourth-order valence-corrected chi connectivity index (χ4v) is 4.63. The number of ketones is 1. The van der Waals surface area contributed by atoms with Crippen molar-refractivity contribution in [2.45, 2.75) is 38.3 Å². The lowest BCUT2D eigenvalue weighted by atomic mass is 10.0. The van der Waals surface area contributed by atoms with Crippen LogP contribution in [0, 0.1) is 18.3 Å². The van der Waals surface area contributed by atoms with Crippen LogP contribution >= 0.6 is 11.6 Å². The summed E-state index contributed by atoms with van der Waals surface area (Å²) in [5.41, 5.74) is 2.57. The Morgan fingerprint density at radius 1 is 1.28 bits per heavy atom. The van der Waals surface area contributed by atoms with E-state index in [0.717, 1.165) is 11.9 Å². The van der Waals surface area contributed by atoms with E-state index in [0.29, 0.717) is 53.0 Å². The summed E-state index contributed by atoms with van der Waals surface area (Å²) >= 11 is 6.11. The Kier molecular flexibility index (Phi) is 7.67. The highest BCUT2D eigenvalue weighted by Gasteiger charge is 2.27. The van der Waals surface area contributed by atoms with Gasteiger partial charge in [0.1, 0.15) is 11.9 Å². The molecule has 2 atom stereocenters. The molecule has 0 aliphatic carbocycles. The lowest BCUT2D eigenvalue weighted by Crippen LogP contribution is -2.34. The fourth-order valence-electron chi connectivity index (χ4n) is 4.45. The van der Waals surface area contributed by atoms with Gasteiger partial charge in [-0.3, -0.25) is 14.4 Å². The first kappa shape index (κ1) is 25.4. The zero-order valence-corrected chi connectivity index (χ0v) is 20.9. The van der Waals surface area contributed by atoms with E-state index in [1.807, 2.05) is 11.9 Å². The minimum atomic E-state index is -0.654. The van der Waals surface area contributed by atoms with E-state index in [9.17, 15) is 14.4 Å². The Bertz CT molecular complexity index is 1360. The number of likely N-dealkylation sites (N-methyl/N-ethyl adjacent to an activating group) is 1. The molecule has 1 aliphatic rings. The molecule has 3 aromatic rings. The van der Waals surface area contributed by atoms with Gasteiger partial charge in [-0.25, -0.2) is 4.98 Å². The topological polar surface area (TPSA) is 131 Å². The third-order valence-electron chi connectivity index (χ3n) is 6.53. The Morgan fingerprint density at radius 2 is 2.08 bits per heavy atom. The van der Waals surface area contributed by atoms with Crippen molar-refractivity contribution in [3.63, 3.8) is 0 Å². The molecule has 0 saturated carbocycles. The second-order valence-corrected chi connectivity index (χ2v) is 9.37. The number of nitriles is 1. The molecule has 36 heavy (non-hydrogen) atoms. The quantitative estimate of drug-likeness (QED) is 0.317. The maximum Gasteiger partial charge on any atom is 0.262 e. The molecule has 10 heteroatoms. The zero-order valence-electron chi connectivity index (χ0n) is 20.1. The van der Waals surface area contributed by atoms with Crippen molar-refractivity contribution in [2.24, 2.45) is 0 Å². The second kappa shape index (κ2) is 10.9. The normalized spacial score (nSPS) is 16.1. The summed E-state index contributed by atoms with van der Waals surface area (Å²) in [6, 6.07) is 11.2. The van der Waals surface area contributed by atoms with Crippen LogP contribution in [-0.4, -0.2) is 58.6 Å². The number of hydrogen-bond acceptors (Lipinski definition) is 6. The minimum absolute atomic E-state index is 0.0290. The maximum atomic E-state index is 13.2. The van der Waals surface area contributed by atoms with Gasteiger partial charge in [-0.15, -0.1) is 0 Å². The SMILES string of the molecule is CNC1CCN(C(=O)CCC(NC(=O)c2ccc(C(=O)C#N)c(C)c2)c2nc3ccc(Cl)cc3[nH]2)C1. The number of nitrogens with one attached hydrogen (secondary N) is 3. The number of aromatic nitrogens is 2. The Hall–Kier alpha value is -3.74. The van der Waals surface area contributed by atoms with Crippen LogP contribution in [0.15, 0.2) is 36.4 Å². The summed E-state index contributed by atoms with van der Waals surface area (Å²) in [6.07, 6.45) is 1.51. The number of aromatic amines is 1. The van der Waals surface area contributed by atoms with Crippen molar-refractivity contribution in [3.05, 3.63) is 63.9 Å². The number of rotatable bonds is 8. The van der Waals surface area contributed by atoms with Crippen LogP contribution in [0.2, 0.25) is 5.02 Å². The van der Waals surface area contributed by atoms with Gasteiger partial charge in [-0.2, -0.15) is 5.26 Å². The fraction of sp³-hybridized carbons (Fsp3) is 0.346. The van der Waals surface area contributed by atoms with Gasteiger partial charge in [0, 0.05) is 41.7 Å². The average Bonchev–Trinajstić information content (AvgIpc) is 3.52. The molecule has 1 fully saturated rings. The van der Waals surface area contributed by atoms with Crippen molar-refractivity contribution < 1.29 is 14.4 Å². The van der Waals surface area contributed by atoms with E-state index in [1.54, 1.807) is 37.3 Å². The Balaban J connectivity index is 1.55. The molecule has 4 rings (SSSR count). The summed E-state index contributed by atoms with van der Waals surface area (Å²) < 4.78 is 0. The number of carbonyl (C=O) groups is 3. The number of fused-ring (bicyclic) bond motifs is 1. The zero-order chi connectivity index (χ0) is 25.8. The summed E-state index contributed by atoms with van der Waals surface area (Å²) in [7, 11) is 1.89. The average molecular weight is 507 g/mol. The van der Waals surface area contributed by atoms with Crippen molar-refractivity contribution in [1.82, 2.24) is 25.5 Å². The van der Waals surface area contributed by atoms with Crippen LogP contribution < -0.4 is 10.6 Å². The second-order valence-electron chi connectivity index (χ2n) is 8.93. The van der Waals surface area contributed by atoms with Gasteiger partial charge in [0.05, 0.1) is 17.1 Å². The van der Waals surface area contributed by atoms with E-state index in [2.05, 4.69) is 20.6 Å². The largest absolute Gasteiger partial charge is 0.342 e. The maximum absolute atomic E-state index is 13.2. The van der Waals surface area contributed by atoms with Crippen LogP contribution in [-0.2, 0) is 4.79 Å². The molecule has 0 bridgehead atoms. The molecule has 2 amide bonds. The smallest absolute Gasteiger partial charge is 0.262 e. The van der Waals surface area contributed by atoms with Crippen molar-refractivity contribution >= 4 is 40.2 Å². The molecule has 2 aromatic carbocycles. The first-order chi connectivity index (χ1) is 17.3. The lowest BCUT2D eigenvalue weighted by molar-refractivity contribution is -0.130. The lowest BCUT2D eigenvalue weighted by Gasteiger charge is -2.20. The van der Waals surface area contributed by atoms with Crippen molar-refractivity contribution in [2.75, 3.05) is 20.1 Å². The van der Waals surface area contributed by atoms with Crippen molar-refractivity contribution in [1.29, 1.82) is 5.26 Å². The highest BCUT2D eigenvalue weighted by molar-refractivity contribution is 6.31. The number of Topliss-reactive ketones (excluding diaryl/α,β-unsaturated/α-hetero) is 1. The summed E-state index contributed by atoms with van der Waals surface area (Å²) in [5.74, 6) is -0.474. The number of aryl methyl sites for hydroxylation is 1. The van der Waals surface area contributed by atoms with Gasteiger partial charge in [0.2, 0.25) is 5.91 Å². The van der Waals surface area contributed by atoms with Crippen LogP contribution in [0.5, 0.6) is 0 Å². The summed E-state index contributed by atoms with van der Waals surface area (Å²) in [6.45, 7) is 3.05. The monoisotopic (exact) mass is 506 g/mol. The highest BCUT2D eigenvalue weighted by Crippen LogP contribution is 2.24. The minimum Gasteiger partial charge on any atom is -0.342 e. The number of likely N-dealkylation sites (tertiary alicyclic amines) is 1. The molecule has 2 heterocycles. The first-order valence-corrected chi connectivity index (χ1v) is 12.1. The number of amides is 2. The highest BCUT2D eigenvalue weighted by atomic mass is 35.5. The molecule has 9 nitrogen and oxygen atoms in total. The van der Waals surface area contributed by atoms with Gasteiger partial charge in [0.25, 0.3) is 11.7 Å². The van der Waals surface area contributed by atoms with Crippen LogP contribution in [0.4, 0.5) is 0 Å². The predicted molar refractivity (Wildman–Crippen MR) is 136 cm³/mol. The van der Waals surface area contributed by atoms with Crippen LogP contribution in [0.25, 0.3) is 11.0 Å². The van der Waals surface area contributed by atoms with E-state index < -0.39 is 11.8 Å². The van der Waals surface area contributed by atoms with Crippen molar-refractivity contribution in [3.8, 4) is 6.07 Å². The van der Waals surface area contributed by atoms with Crippen LogP contribution in [0.3, 0.4) is 0 Å². The number of nitrogens with zero attached hydrogens (tertiary/aromatic N) is 3. The van der Waals surface area contributed by atoms with E-state index in [-0.39, 0.29) is 23.8 Å². The molecule has 186 valence electrons. The molecule has 0 spiro atoms. The predicted octanol–water partition coefficient (Wildman–Crippen LogP) is 3.30. The Morgan fingerprint density at radius 3 is 2.78 bits per heavy atom. The number of benzene rings is 2. The number of carbonyl (C=O) groups excluding carboxylic acids is 3. The van der Waals surface area contributed by atoms with Gasteiger partial charge < -0.3 is 20.5 Å². The number of imidazole rings is 1. The van der Waals surface area contributed by atoms with Gasteiger partial charge in [0.15, 0.2) is 0 Å². The molecule has 3 N–H and O–H groups in total. The third kappa shape index (κ3) is 5.56. The Labute approximate surface area is 213 Å². The standard InChI is InChI=1S/C26H27ClN6O3/c1-15-11-16(3-5-19(15)23(34)13-28)26(36)32-21(7-8-24(35)33-10-9-18(14-33)29-2)25-30-20-6-4-17(27)12-22(20)31-25/h3-6,11-12,18,21,29H,7-10,14H2,1-2H3,(H,30,31)(H,32,36).